The van der Waals surface area contributed by atoms with Gasteiger partial charge in [-0.05, 0) is 44.4 Å². The van der Waals surface area contributed by atoms with E-state index in [2.05, 4.69) is 10.3 Å². The van der Waals surface area contributed by atoms with Crippen molar-refractivity contribution in [3.05, 3.63) is 45.9 Å². The van der Waals surface area contributed by atoms with Crippen molar-refractivity contribution in [3.63, 3.8) is 0 Å². The number of carbonyl (C=O) groups excluding carboxylic acids is 2. The molecule has 1 aromatic carbocycles. The van der Waals surface area contributed by atoms with Crippen molar-refractivity contribution >= 4 is 28.8 Å². The topological polar surface area (TPSA) is 71.5 Å². The summed E-state index contributed by atoms with van der Waals surface area (Å²) < 4.78 is 5.42. The van der Waals surface area contributed by atoms with Gasteiger partial charge in [0.15, 0.2) is 0 Å². The molecular weight excluding hydrogens is 350 g/mol. The second-order valence-corrected chi connectivity index (χ2v) is 7.36. The largest absolute Gasteiger partial charge is 0.368 e. The number of ether oxygens (including phenoxy) is 1. The molecule has 0 saturated carbocycles. The van der Waals surface area contributed by atoms with Crippen molar-refractivity contribution in [2.75, 3.05) is 19.0 Å². The fourth-order valence-electron chi connectivity index (χ4n) is 2.97. The Morgan fingerprint density at radius 3 is 2.88 bits per heavy atom. The van der Waals surface area contributed by atoms with Gasteiger partial charge in [0.25, 0.3) is 11.8 Å². The van der Waals surface area contributed by atoms with E-state index in [0.29, 0.717) is 17.9 Å². The second-order valence-electron chi connectivity index (χ2n) is 6.43. The second kappa shape index (κ2) is 7.97. The number of nitrogens with zero attached hydrogens (tertiary/aromatic N) is 2. The number of benzene rings is 1. The van der Waals surface area contributed by atoms with Crippen LogP contribution in [0, 0.1) is 6.92 Å². The number of hydrogen-bond donors (Lipinski definition) is 1. The normalized spacial score (nSPS) is 17.7. The highest BCUT2D eigenvalue weighted by atomic mass is 32.1. The zero-order valence-corrected chi connectivity index (χ0v) is 16.0. The van der Waals surface area contributed by atoms with E-state index >= 15 is 0 Å². The maximum atomic E-state index is 13.0. The van der Waals surface area contributed by atoms with Gasteiger partial charge in [-0.3, -0.25) is 9.59 Å². The van der Waals surface area contributed by atoms with Gasteiger partial charge < -0.3 is 15.0 Å². The Morgan fingerprint density at radius 2 is 2.23 bits per heavy atom. The van der Waals surface area contributed by atoms with Crippen LogP contribution in [0.15, 0.2) is 29.8 Å². The number of amides is 2. The fourth-order valence-corrected chi connectivity index (χ4v) is 3.71. The van der Waals surface area contributed by atoms with Crippen LogP contribution in [0.25, 0.3) is 0 Å². The van der Waals surface area contributed by atoms with Gasteiger partial charge in [0.1, 0.15) is 11.1 Å². The van der Waals surface area contributed by atoms with Crippen LogP contribution in [-0.2, 0) is 9.53 Å². The molecule has 0 radical (unpaired) electrons. The molecule has 1 fully saturated rings. The Hall–Kier alpha value is -2.25. The number of aromatic nitrogens is 1. The molecule has 0 unspecified atom stereocenters. The maximum absolute atomic E-state index is 13.0. The first-order chi connectivity index (χ1) is 12.5. The Bertz CT molecular complexity index is 785. The summed E-state index contributed by atoms with van der Waals surface area (Å²) in [6.07, 6.45) is 2.97. The highest BCUT2D eigenvalue weighted by molar-refractivity contribution is 7.09. The van der Waals surface area contributed by atoms with Crippen LogP contribution in [0.2, 0.25) is 0 Å². The minimum atomic E-state index is -0.402. The summed E-state index contributed by atoms with van der Waals surface area (Å²) in [4.78, 5) is 31.2. The van der Waals surface area contributed by atoms with Gasteiger partial charge in [0.2, 0.25) is 0 Å². The third kappa shape index (κ3) is 3.78. The van der Waals surface area contributed by atoms with E-state index in [0.717, 1.165) is 23.4 Å². The van der Waals surface area contributed by atoms with Crippen LogP contribution in [0.1, 0.15) is 46.7 Å². The quantitative estimate of drug-likeness (QED) is 0.872. The molecule has 2 amide bonds. The molecule has 1 aromatic heterocycles. The number of rotatable bonds is 5. The minimum Gasteiger partial charge on any atom is -0.368 e. The molecule has 1 saturated heterocycles. The molecule has 2 atom stereocenters. The highest BCUT2D eigenvalue weighted by Gasteiger charge is 2.26. The van der Waals surface area contributed by atoms with Gasteiger partial charge >= 0.3 is 0 Å². The van der Waals surface area contributed by atoms with Crippen molar-refractivity contribution in [2.24, 2.45) is 0 Å². The summed E-state index contributed by atoms with van der Waals surface area (Å²) in [5.74, 6) is -0.252. The lowest BCUT2D eigenvalue weighted by atomic mass is 10.0. The zero-order chi connectivity index (χ0) is 18.7. The lowest BCUT2D eigenvalue weighted by molar-refractivity contribution is -0.124. The Morgan fingerprint density at radius 1 is 1.42 bits per heavy atom. The Kier molecular flexibility index (Phi) is 5.68. The van der Waals surface area contributed by atoms with E-state index in [-0.39, 0.29) is 17.9 Å². The lowest BCUT2D eigenvalue weighted by Gasteiger charge is -2.24. The predicted octanol–water partition coefficient (Wildman–Crippen LogP) is 3.40. The van der Waals surface area contributed by atoms with E-state index in [1.54, 1.807) is 30.3 Å². The molecule has 26 heavy (non-hydrogen) atoms. The molecule has 0 aliphatic carbocycles. The van der Waals surface area contributed by atoms with Crippen LogP contribution in [0.3, 0.4) is 0 Å². The van der Waals surface area contributed by atoms with Gasteiger partial charge in [-0.1, -0.05) is 6.07 Å². The summed E-state index contributed by atoms with van der Waals surface area (Å²) in [6.45, 7) is 4.42. The molecule has 1 aliphatic heterocycles. The average Bonchev–Trinajstić information content (AvgIpc) is 3.35. The Labute approximate surface area is 157 Å². The number of thiazole rings is 1. The molecule has 6 nitrogen and oxygen atoms in total. The van der Waals surface area contributed by atoms with E-state index in [4.69, 9.17) is 4.74 Å². The molecule has 1 N–H and O–H groups in total. The summed E-state index contributed by atoms with van der Waals surface area (Å²) in [5, 5.41) is 5.69. The predicted molar refractivity (Wildman–Crippen MR) is 101 cm³/mol. The van der Waals surface area contributed by atoms with Gasteiger partial charge in [-0.25, -0.2) is 4.98 Å². The fraction of sp³-hybridized carbons (Fsp3) is 0.421. The first-order valence-electron chi connectivity index (χ1n) is 8.67. The number of nitrogens with one attached hydrogen (secondary N) is 1. The molecule has 7 heteroatoms. The van der Waals surface area contributed by atoms with Crippen molar-refractivity contribution in [1.29, 1.82) is 0 Å². The maximum Gasteiger partial charge on any atom is 0.254 e. The molecular formula is C19H23N3O3S. The molecule has 0 spiro atoms. The SMILES string of the molecule is Cc1c(NC(=O)[C@@H]2CCCO2)cccc1C(=O)N(C)[C@@H](C)c1nccs1. The third-order valence-electron chi connectivity index (χ3n) is 4.75. The molecule has 138 valence electrons. The smallest absolute Gasteiger partial charge is 0.254 e. The monoisotopic (exact) mass is 373 g/mol. The first kappa shape index (κ1) is 18.5. The van der Waals surface area contributed by atoms with Gasteiger partial charge in [-0.2, -0.15) is 0 Å². The van der Waals surface area contributed by atoms with E-state index in [1.807, 2.05) is 25.3 Å². The summed E-state index contributed by atoms with van der Waals surface area (Å²) >= 11 is 1.53. The number of carbonyl (C=O) groups is 2. The first-order valence-corrected chi connectivity index (χ1v) is 9.55. The Balaban J connectivity index is 1.77. The van der Waals surface area contributed by atoms with E-state index in [9.17, 15) is 9.59 Å². The van der Waals surface area contributed by atoms with Crippen LogP contribution in [-0.4, -0.2) is 41.5 Å². The number of anilines is 1. The summed E-state index contributed by atoms with van der Waals surface area (Å²) in [5.41, 5.74) is 1.97. The standard InChI is InChI=1S/C19H23N3O3S/c1-12-14(19(24)22(3)13(2)18-20-9-11-26-18)6-4-7-15(12)21-17(23)16-8-5-10-25-16/h4,6-7,9,11,13,16H,5,8,10H2,1-3H3,(H,21,23)/t13-,16-/m0/s1. The zero-order valence-electron chi connectivity index (χ0n) is 15.2. The molecule has 2 aromatic rings. The minimum absolute atomic E-state index is 0.0987. The number of hydrogen-bond acceptors (Lipinski definition) is 5. The van der Waals surface area contributed by atoms with Crippen LogP contribution in [0.4, 0.5) is 5.69 Å². The van der Waals surface area contributed by atoms with Crippen molar-refractivity contribution in [1.82, 2.24) is 9.88 Å². The lowest BCUT2D eigenvalue weighted by Crippen LogP contribution is -2.31. The molecule has 1 aliphatic rings. The van der Waals surface area contributed by atoms with E-state index < -0.39 is 6.10 Å². The van der Waals surface area contributed by atoms with Crippen LogP contribution in [0.5, 0.6) is 0 Å². The van der Waals surface area contributed by atoms with Crippen molar-refractivity contribution in [3.8, 4) is 0 Å². The summed E-state index contributed by atoms with van der Waals surface area (Å²) in [7, 11) is 1.77. The molecule has 0 bridgehead atoms. The van der Waals surface area contributed by atoms with Crippen LogP contribution < -0.4 is 5.32 Å². The third-order valence-corrected chi connectivity index (χ3v) is 5.70. The molecule has 3 rings (SSSR count). The van der Waals surface area contributed by atoms with Gasteiger partial charge in [-0.15, -0.1) is 11.3 Å². The summed E-state index contributed by atoms with van der Waals surface area (Å²) in [6, 6.07) is 5.26. The highest BCUT2D eigenvalue weighted by Crippen LogP contribution is 2.26. The average molecular weight is 373 g/mol. The van der Waals surface area contributed by atoms with Crippen LogP contribution >= 0.6 is 11.3 Å². The van der Waals surface area contributed by atoms with Gasteiger partial charge in [0.05, 0.1) is 6.04 Å². The van der Waals surface area contributed by atoms with Crippen molar-refractivity contribution in [2.45, 2.75) is 38.8 Å². The van der Waals surface area contributed by atoms with Crippen molar-refractivity contribution < 1.29 is 14.3 Å². The molecule has 2 heterocycles. The van der Waals surface area contributed by atoms with E-state index in [1.165, 1.54) is 11.3 Å². The van der Waals surface area contributed by atoms with Gasteiger partial charge in [0, 0.05) is 36.5 Å².